The van der Waals surface area contributed by atoms with Gasteiger partial charge in [-0.15, -0.1) is 16.8 Å². The van der Waals surface area contributed by atoms with Crippen LogP contribution >= 0.6 is 27.7 Å². The molecule has 4 aromatic rings. The van der Waals surface area contributed by atoms with Crippen LogP contribution in [-0.2, 0) is 17.9 Å². The molecule has 0 radical (unpaired) electrons. The molecule has 4 rings (SSSR count). The molecule has 1 N–H and O–H groups in total. The first-order chi connectivity index (χ1) is 18.9. The number of thioether (sulfide) groups is 1. The molecule has 0 aliphatic rings. The summed E-state index contributed by atoms with van der Waals surface area (Å²) in [5.41, 5.74) is 4.74. The van der Waals surface area contributed by atoms with E-state index in [4.69, 9.17) is 4.74 Å². The molecule has 0 aliphatic carbocycles. The predicted octanol–water partition coefficient (Wildman–Crippen LogP) is 5.62. The number of amides is 1. The summed E-state index contributed by atoms with van der Waals surface area (Å²) >= 11 is 4.63. The van der Waals surface area contributed by atoms with Gasteiger partial charge in [-0.2, -0.15) is 5.10 Å². The molecule has 0 spiro atoms. The van der Waals surface area contributed by atoms with Crippen LogP contribution in [0.5, 0.6) is 5.75 Å². The van der Waals surface area contributed by atoms with E-state index in [0.29, 0.717) is 41.0 Å². The zero-order valence-corrected chi connectivity index (χ0v) is 23.0. The molecular formula is C27H23BrN6O4S. The van der Waals surface area contributed by atoms with E-state index in [9.17, 15) is 14.9 Å². The molecule has 1 heterocycles. The van der Waals surface area contributed by atoms with Gasteiger partial charge < -0.3 is 4.74 Å². The second-order valence-corrected chi connectivity index (χ2v) is 9.91. The SMILES string of the molecule is C=CCn1c(SCC(=O)NN=Cc2ccccc2OCc2cccc(Br)c2)nnc1-c1cccc([N+](=O)[O-])c1. The van der Waals surface area contributed by atoms with Crippen LogP contribution in [-0.4, -0.2) is 37.6 Å². The normalized spacial score (nSPS) is 10.9. The predicted molar refractivity (Wildman–Crippen MR) is 154 cm³/mol. The summed E-state index contributed by atoms with van der Waals surface area (Å²) in [4.78, 5) is 23.2. The molecule has 0 saturated heterocycles. The quantitative estimate of drug-likeness (QED) is 0.0729. The molecule has 10 nitrogen and oxygen atoms in total. The summed E-state index contributed by atoms with van der Waals surface area (Å²) in [6.07, 6.45) is 3.19. The molecule has 0 atom stereocenters. The minimum Gasteiger partial charge on any atom is -0.488 e. The lowest BCUT2D eigenvalue weighted by molar-refractivity contribution is -0.384. The molecule has 0 fully saturated rings. The van der Waals surface area contributed by atoms with Crippen LogP contribution < -0.4 is 10.2 Å². The van der Waals surface area contributed by atoms with E-state index < -0.39 is 4.92 Å². The third-order valence-corrected chi connectivity index (χ3v) is 6.73. The third-order valence-electron chi connectivity index (χ3n) is 5.27. The summed E-state index contributed by atoms with van der Waals surface area (Å²) in [6.45, 7) is 4.51. The van der Waals surface area contributed by atoms with Crippen molar-refractivity contribution in [3.8, 4) is 17.1 Å². The number of nitro groups is 1. The van der Waals surface area contributed by atoms with Gasteiger partial charge in [-0.25, -0.2) is 5.43 Å². The highest BCUT2D eigenvalue weighted by Crippen LogP contribution is 2.26. The first-order valence-electron chi connectivity index (χ1n) is 11.6. The number of benzene rings is 3. The lowest BCUT2D eigenvalue weighted by Crippen LogP contribution is -2.20. The third kappa shape index (κ3) is 7.62. The van der Waals surface area contributed by atoms with Crippen molar-refractivity contribution in [1.29, 1.82) is 0 Å². The number of ether oxygens (including phenoxy) is 1. The van der Waals surface area contributed by atoms with Gasteiger partial charge in [0.2, 0.25) is 0 Å². The van der Waals surface area contributed by atoms with Crippen molar-refractivity contribution < 1.29 is 14.5 Å². The van der Waals surface area contributed by atoms with Gasteiger partial charge in [-0.3, -0.25) is 19.5 Å². The summed E-state index contributed by atoms with van der Waals surface area (Å²) < 4.78 is 8.66. The Labute approximate surface area is 237 Å². The molecule has 198 valence electrons. The molecule has 3 aromatic carbocycles. The zero-order valence-electron chi connectivity index (χ0n) is 20.6. The fourth-order valence-corrected chi connectivity index (χ4v) is 4.69. The molecule has 39 heavy (non-hydrogen) atoms. The number of nitrogens with zero attached hydrogens (tertiary/aromatic N) is 5. The van der Waals surface area contributed by atoms with Gasteiger partial charge in [-0.05, 0) is 29.8 Å². The van der Waals surface area contributed by atoms with E-state index in [1.54, 1.807) is 22.8 Å². The van der Waals surface area contributed by atoms with Gasteiger partial charge in [0.25, 0.3) is 11.6 Å². The molecule has 12 heteroatoms. The van der Waals surface area contributed by atoms with Crippen molar-refractivity contribution in [2.45, 2.75) is 18.3 Å². The number of para-hydroxylation sites is 1. The smallest absolute Gasteiger partial charge is 0.270 e. The lowest BCUT2D eigenvalue weighted by atomic mass is 10.2. The minimum atomic E-state index is -0.467. The lowest BCUT2D eigenvalue weighted by Gasteiger charge is -2.09. The Kier molecular flexibility index (Phi) is 9.59. The van der Waals surface area contributed by atoms with E-state index in [0.717, 1.165) is 10.0 Å². The number of allylic oxidation sites excluding steroid dienone is 1. The summed E-state index contributed by atoms with van der Waals surface area (Å²) in [5.74, 6) is 0.770. The topological polar surface area (TPSA) is 125 Å². The van der Waals surface area contributed by atoms with Crippen LogP contribution in [0, 0.1) is 10.1 Å². The molecule has 1 amide bonds. The number of nitro benzene ring substituents is 1. The number of hydrogen-bond acceptors (Lipinski definition) is 8. The van der Waals surface area contributed by atoms with Crippen LogP contribution in [0.4, 0.5) is 5.69 Å². The minimum absolute atomic E-state index is 0.0303. The van der Waals surface area contributed by atoms with Crippen LogP contribution in [0.15, 0.2) is 100 Å². The maximum Gasteiger partial charge on any atom is 0.270 e. The first kappa shape index (κ1) is 27.7. The van der Waals surface area contributed by atoms with Gasteiger partial charge in [0, 0.05) is 34.3 Å². The Morgan fingerprint density at radius 1 is 1.15 bits per heavy atom. The van der Waals surface area contributed by atoms with Gasteiger partial charge in [0.1, 0.15) is 12.4 Å². The molecule has 1 aromatic heterocycles. The van der Waals surface area contributed by atoms with Crippen molar-refractivity contribution in [2.24, 2.45) is 5.10 Å². The standard InChI is InChI=1S/C27H23BrN6O4S/c1-2-13-33-26(20-9-6-11-23(15-20)34(36)37)31-32-27(33)39-18-25(35)30-29-16-21-8-3-4-12-24(21)38-17-19-7-5-10-22(28)14-19/h2-12,14-16H,1,13,17-18H2,(H,30,35). The van der Waals surface area contributed by atoms with Gasteiger partial charge in [0.15, 0.2) is 11.0 Å². The van der Waals surface area contributed by atoms with Crippen LogP contribution in [0.3, 0.4) is 0 Å². The number of aromatic nitrogens is 3. The number of hydrogen-bond donors (Lipinski definition) is 1. The molecule has 0 unspecified atom stereocenters. The Balaban J connectivity index is 1.36. The van der Waals surface area contributed by atoms with Crippen LogP contribution in [0.2, 0.25) is 0 Å². The van der Waals surface area contributed by atoms with Crippen molar-refractivity contribution in [2.75, 3.05) is 5.75 Å². The average Bonchev–Trinajstić information content (AvgIpc) is 3.34. The Morgan fingerprint density at radius 2 is 1.97 bits per heavy atom. The van der Waals surface area contributed by atoms with Crippen LogP contribution in [0.1, 0.15) is 11.1 Å². The first-order valence-corrected chi connectivity index (χ1v) is 13.4. The summed E-state index contributed by atoms with van der Waals surface area (Å²) in [5, 5.41) is 24.1. The number of nitrogens with one attached hydrogen (secondary N) is 1. The van der Waals surface area contributed by atoms with Gasteiger partial charge in [-0.1, -0.05) is 70.2 Å². The highest BCUT2D eigenvalue weighted by atomic mass is 79.9. The van der Waals surface area contributed by atoms with Crippen molar-refractivity contribution in [3.63, 3.8) is 0 Å². The maximum absolute atomic E-state index is 12.5. The van der Waals surface area contributed by atoms with E-state index in [1.807, 2.05) is 48.5 Å². The highest BCUT2D eigenvalue weighted by molar-refractivity contribution is 9.10. The van der Waals surface area contributed by atoms with Gasteiger partial charge >= 0.3 is 0 Å². The van der Waals surface area contributed by atoms with Crippen molar-refractivity contribution >= 4 is 45.5 Å². The Hall–Kier alpha value is -4.29. The molecule has 0 bridgehead atoms. The second-order valence-electron chi connectivity index (χ2n) is 8.05. The summed E-state index contributed by atoms with van der Waals surface area (Å²) in [6, 6.07) is 21.4. The Morgan fingerprint density at radius 3 is 2.77 bits per heavy atom. The highest BCUT2D eigenvalue weighted by Gasteiger charge is 2.17. The fourth-order valence-electron chi connectivity index (χ4n) is 3.50. The zero-order chi connectivity index (χ0) is 27.6. The van der Waals surface area contributed by atoms with Crippen molar-refractivity contribution in [3.05, 3.63) is 111 Å². The molecular weight excluding hydrogens is 584 g/mol. The number of carbonyl (C=O) groups is 1. The van der Waals surface area contributed by atoms with E-state index >= 15 is 0 Å². The largest absolute Gasteiger partial charge is 0.488 e. The monoisotopic (exact) mass is 606 g/mol. The van der Waals surface area contributed by atoms with E-state index in [2.05, 4.69) is 43.2 Å². The van der Waals surface area contributed by atoms with E-state index in [-0.39, 0.29) is 17.3 Å². The number of rotatable bonds is 12. The van der Waals surface area contributed by atoms with E-state index in [1.165, 1.54) is 30.1 Å². The molecule has 0 aliphatic heterocycles. The Bertz CT molecular complexity index is 1520. The number of carbonyl (C=O) groups excluding carboxylic acids is 1. The number of halogens is 1. The van der Waals surface area contributed by atoms with Gasteiger partial charge in [0.05, 0.1) is 16.9 Å². The number of hydrazone groups is 1. The maximum atomic E-state index is 12.5. The summed E-state index contributed by atoms with van der Waals surface area (Å²) in [7, 11) is 0. The van der Waals surface area contributed by atoms with Crippen LogP contribution in [0.25, 0.3) is 11.4 Å². The average molecular weight is 607 g/mol. The number of non-ortho nitro benzene ring substituents is 1. The van der Waals surface area contributed by atoms with Crippen molar-refractivity contribution in [1.82, 2.24) is 20.2 Å². The molecule has 0 saturated carbocycles. The second kappa shape index (κ2) is 13.5. The fraction of sp³-hybridized carbons (Fsp3) is 0.111.